The van der Waals surface area contributed by atoms with Gasteiger partial charge in [-0.05, 0) is 35.7 Å². The van der Waals surface area contributed by atoms with Crippen molar-refractivity contribution in [3.8, 4) is 11.1 Å². The second-order valence-electron chi connectivity index (χ2n) is 5.70. The molecule has 24 heavy (non-hydrogen) atoms. The first-order chi connectivity index (χ1) is 11.8. The molecule has 6 nitrogen and oxygen atoms in total. The van der Waals surface area contributed by atoms with E-state index in [9.17, 15) is 0 Å². The van der Waals surface area contributed by atoms with Gasteiger partial charge in [0.2, 0.25) is 0 Å². The molecule has 3 aromatic heterocycles. The number of rotatable bonds is 4. The highest BCUT2D eigenvalue weighted by Gasteiger charge is 2.12. The average Bonchev–Trinajstić information content (AvgIpc) is 3.05. The van der Waals surface area contributed by atoms with Crippen molar-refractivity contribution in [3.05, 3.63) is 48.5 Å². The van der Waals surface area contributed by atoms with Crippen LogP contribution in [-0.2, 0) is 6.42 Å². The van der Waals surface area contributed by atoms with Crippen molar-refractivity contribution >= 4 is 27.8 Å². The molecule has 6 heteroatoms. The molecule has 0 bridgehead atoms. The van der Waals surface area contributed by atoms with E-state index in [4.69, 9.17) is 10.8 Å². The zero-order valence-electron chi connectivity index (χ0n) is 13.0. The number of benzene rings is 1. The summed E-state index contributed by atoms with van der Waals surface area (Å²) >= 11 is 0. The first-order valence-corrected chi connectivity index (χ1v) is 7.85. The number of hydrogen-bond acceptors (Lipinski definition) is 5. The third-order valence-corrected chi connectivity index (χ3v) is 4.09. The second kappa shape index (κ2) is 5.90. The van der Waals surface area contributed by atoms with Crippen LogP contribution >= 0.6 is 0 Å². The molecule has 0 unspecified atom stereocenters. The summed E-state index contributed by atoms with van der Waals surface area (Å²) in [4.78, 5) is 16.4. The number of pyridine rings is 2. The van der Waals surface area contributed by atoms with Gasteiger partial charge in [0.15, 0.2) is 5.82 Å². The lowest BCUT2D eigenvalue weighted by Gasteiger charge is -2.05. The van der Waals surface area contributed by atoms with E-state index in [1.807, 2.05) is 24.3 Å². The van der Waals surface area contributed by atoms with Crippen LogP contribution in [-0.4, -0.2) is 31.6 Å². The van der Waals surface area contributed by atoms with Crippen molar-refractivity contribution in [1.82, 2.24) is 19.9 Å². The summed E-state index contributed by atoms with van der Waals surface area (Å²) in [5.74, 6) is 1.23. The van der Waals surface area contributed by atoms with Crippen LogP contribution in [0.2, 0.25) is 0 Å². The van der Waals surface area contributed by atoms with E-state index in [1.54, 1.807) is 12.4 Å². The Morgan fingerprint density at radius 1 is 1.04 bits per heavy atom. The largest absolute Gasteiger partial charge is 0.396 e. The highest BCUT2D eigenvalue weighted by Crippen LogP contribution is 2.29. The van der Waals surface area contributed by atoms with Crippen LogP contribution in [0.3, 0.4) is 0 Å². The van der Waals surface area contributed by atoms with Crippen LogP contribution in [0.4, 0.5) is 5.82 Å². The van der Waals surface area contributed by atoms with Crippen LogP contribution in [0, 0.1) is 0 Å². The number of aliphatic hydroxyl groups is 1. The number of hydrogen-bond donors (Lipinski definition) is 3. The number of nitrogens with zero attached hydrogens (tertiary/aromatic N) is 3. The van der Waals surface area contributed by atoms with E-state index in [2.05, 4.69) is 26.0 Å². The molecule has 0 spiro atoms. The first-order valence-electron chi connectivity index (χ1n) is 7.85. The minimum atomic E-state index is 0.140. The zero-order chi connectivity index (χ0) is 16.5. The summed E-state index contributed by atoms with van der Waals surface area (Å²) in [5, 5.41) is 9.97. The zero-order valence-corrected chi connectivity index (χ0v) is 13.0. The number of nitrogens with two attached hydrogens (primary N) is 1. The number of aromatic amines is 1. The van der Waals surface area contributed by atoms with E-state index >= 15 is 0 Å². The first kappa shape index (κ1) is 14.6. The van der Waals surface area contributed by atoms with Crippen molar-refractivity contribution < 1.29 is 5.11 Å². The lowest BCUT2D eigenvalue weighted by Crippen LogP contribution is -1.93. The number of aliphatic hydroxyl groups excluding tert-OH is 1. The molecule has 0 aliphatic heterocycles. The Morgan fingerprint density at radius 2 is 1.88 bits per heavy atom. The van der Waals surface area contributed by atoms with Crippen molar-refractivity contribution in [3.63, 3.8) is 0 Å². The van der Waals surface area contributed by atoms with Gasteiger partial charge in [0.1, 0.15) is 11.3 Å². The lowest BCUT2D eigenvalue weighted by atomic mass is 10.0. The molecule has 0 fully saturated rings. The normalized spacial score (nSPS) is 11.4. The van der Waals surface area contributed by atoms with Gasteiger partial charge in [-0.3, -0.25) is 4.98 Å². The van der Waals surface area contributed by atoms with E-state index in [1.165, 1.54) is 0 Å². The fraction of sp³-hybridized carbons (Fsp3) is 0.167. The summed E-state index contributed by atoms with van der Waals surface area (Å²) in [5.41, 5.74) is 10.7. The maximum Gasteiger partial charge on any atom is 0.152 e. The second-order valence-corrected chi connectivity index (χ2v) is 5.70. The highest BCUT2D eigenvalue weighted by atomic mass is 16.2. The maximum absolute atomic E-state index is 8.98. The number of nitrogen functional groups attached to an aromatic ring is 1. The average molecular weight is 319 g/mol. The monoisotopic (exact) mass is 319 g/mol. The number of aromatic nitrogens is 4. The molecule has 0 aliphatic rings. The Hall–Kier alpha value is -2.99. The molecule has 4 N–H and O–H groups in total. The van der Waals surface area contributed by atoms with Gasteiger partial charge in [-0.2, -0.15) is 0 Å². The van der Waals surface area contributed by atoms with Gasteiger partial charge in [-0.25, -0.2) is 9.97 Å². The van der Waals surface area contributed by atoms with Gasteiger partial charge < -0.3 is 15.8 Å². The quantitative estimate of drug-likeness (QED) is 0.537. The Labute approximate surface area is 138 Å². The Morgan fingerprint density at radius 3 is 2.67 bits per heavy atom. The van der Waals surface area contributed by atoms with Crippen LogP contribution in [0.15, 0.2) is 42.7 Å². The van der Waals surface area contributed by atoms with E-state index in [-0.39, 0.29) is 6.61 Å². The molecule has 0 aliphatic carbocycles. The molecule has 3 heterocycles. The standard InChI is InChI=1S/C18H17N5O/c19-18-17-16(22-15(23-17)2-1-9-24)13-4-3-12(10-14(13)21-18)11-5-7-20-8-6-11/h3-8,10,24H,1-2,9H2,(H2,19,21)(H,22,23). The lowest BCUT2D eigenvalue weighted by molar-refractivity contribution is 0.287. The summed E-state index contributed by atoms with van der Waals surface area (Å²) in [6.45, 7) is 0.140. The van der Waals surface area contributed by atoms with E-state index in [0.29, 0.717) is 24.2 Å². The van der Waals surface area contributed by atoms with Crippen molar-refractivity contribution in [2.75, 3.05) is 12.3 Å². The number of imidazole rings is 1. The molecule has 1 aromatic carbocycles. The van der Waals surface area contributed by atoms with Gasteiger partial charge in [0, 0.05) is 30.8 Å². The van der Waals surface area contributed by atoms with E-state index in [0.717, 1.165) is 33.4 Å². The Kier molecular flexibility index (Phi) is 3.59. The van der Waals surface area contributed by atoms with Gasteiger partial charge in [0.05, 0.1) is 11.0 Å². The number of H-pyrrole nitrogens is 1. The summed E-state index contributed by atoms with van der Waals surface area (Å²) in [6, 6.07) is 10.0. The summed E-state index contributed by atoms with van der Waals surface area (Å²) < 4.78 is 0. The molecule has 4 aromatic rings. The number of aryl methyl sites for hydroxylation is 1. The van der Waals surface area contributed by atoms with Crippen molar-refractivity contribution in [1.29, 1.82) is 0 Å². The van der Waals surface area contributed by atoms with Crippen molar-refractivity contribution in [2.45, 2.75) is 12.8 Å². The Bertz CT molecular complexity index is 1010. The predicted octanol–water partition coefficient (Wildman–Crippen LogP) is 2.68. The smallest absolute Gasteiger partial charge is 0.152 e. The minimum Gasteiger partial charge on any atom is -0.396 e. The third kappa shape index (κ3) is 2.47. The number of nitrogens with one attached hydrogen (secondary N) is 1. The van der Waals surface area contributed by atoms with Crippen LogP contribution in [0.25, 0.3) is 33.1 Å². The summed E-state index contributed by atoms with van der Waals surface area (Å²) in [6.07, 6.45) is 4.89. The van der Waals surface area contributed by atoms with Crippen LogP contribution < -0.4 is 5.73 Å². The molecular weight excluding hydrogens is 302 g/mol. The molecule has 0 atom stereocenters. The number of fused-ring (bicyclic) bond motifs is 3. The minimum absolute atomic E-state index is 0.140. The van der Waals surface area contributed by atoms with Gasteiger partial charge in [0.25, 0.3) is 0 Å². The fourth-order valence-corrected chi connectivity index (χ4v) is 2.91. The van der Waals surface area contributed by atoms with Crippen LogP contribution in [0.1, 0.15) is 12.2 Å². The molecule has 4 rings (SSSR count). The SMILES string of the molecule is Nc1nc2cc(-c3ccncc3)ccc2c2[nH]c(CCCO)nc12. The van der Waals surface area contributed by atoms with E-state index < -0.39 is 0 Å². The molecular formula is C18H17N5O. The predicted molar refractivity (Wildman–Crippen MR) is 94.4 cm³/mol. The highest BCUT2D eigenvalue weighted by molar-refractivity contribution is 6.07. The third-order valence-electron chi connectivity index (χ3n) is 4.09. The molecule has 0 radical (unpaired) electrons. The topological polar surface area (TPSA) is 101 Å². The van der Waals surface area contributed by atoms with Gasteiger partial charge in [-0.1, -0.05) is 12.1 Å². The fourth-order valence-electron chi connectivity index (χ4n) is 2.91. The molecule has 0 saturated heterocycles. The molecule has 0 amide bonds. The summed E-state index contributed by atoms with van der Waals surface area (Å²) in [7, 11) is 0. The molecule has 120 valence electrons. The van der Waals surface area contributed by atoms with Gasteiger partial charge >= 0.3 is 0 Å². The number of anilines is 1. The molecule has 0 saturated carbocycles. The van der Waals surface area contributed by atoms with Crippen LogP contribution in [0.5, 0.6) is 0 Å². The van der Waals surface area contributed by atoms with Crippen molar-refractivity contribution in [2.24, 2.45) is 0 Å². The maximum atomic E-state index is 8.98. The van der Waals surface area contributed by atoms with Gasteiger partial charge in [-0.15, -0.1) is 0 Å². The Balaban J connectivity index is 1.88.